The third kappa shape index (κ3) is 3.74. The number of anilines is 1. The van der Waals surface area contributed by atoms with Crippen LogP contribution in [0.5, 0.6) is 0 Å². The van der Waals surface area contributed by atoms with Gasteiger partial charge in [0.2, 0.25) is 0 Å². The van der Waals surface area contributed by atoms with E-state index in [2.05, 4.69) is 23.1 Å². The van der Waals surface area contributed by atoms with Crippen LogP contribution >= 0.6 is 18.0 Å². The first-order chi connectivity index (χ1) is 9.06. The summed E-state index contributed by atoms with van der Waals surface area (Å²) < 4.78 is 12.2. The van der Waals surface area contributed by atoms with Gasteiger partial charge in [-0.3, -0.25) is 5.09 Å². The zero-order valence-corrected chi connectivity index (χ0v) is 13.7. The molecular formula is C12H17N2O2PS2. The van der Waals surface area contributed by atoms with E-state index in [1.807, 2.05) is 26.0 Å². The lowest BCUT2D eigenvalue weighted by molar-refractivity contribution is 0.271. The molecule has 0 saturated heterocycles. The van der Waals surface area contributed by atoms with Gasteiger partial charge >= 0.3 is 0 Å². The molecule has 19 heavy (non-hydrogen) atoms. The molecule has 104 valence electrons. The Balaban J connectivity index is 2.26. The van der Waals surface area contributed by atoms with Gasteiger partial charge in [-0.15, -0.1) is 0 Å². The third-order valence-corrected chi connectivity index (χ3v) is 6.05. The minimum absolute atomic E-state index is 0.522. The van der Waals surface area contributed by atoms with E-state index < -0.39 is 6.64 Å². The maximum absolute atomic E-state index is 5.55. The highest BCUT2D eigenvalue weighted by Gasteiger charge is 2.19. The average molecular weight is 316 g/mol. The number of aromatic nitrogens is 1. The number of rotatable bonds is 6. The largest absolute Gasteiger partial charge is 0.314 e. The molecule has 0 atom stereocenters. The number of benzene rings is 1. The van der Waals surface area contributed by atoms with Gasteiger partial charge in [-0.25, -0.2) is 4.98 Å². The molecular weight excluding hydrogens is 299 g/mol. The molecule has 0 saturated carbocycles. The number of hydrogen-bond donors (Lipinski definition) is 1. The molecule has 0 aliphatic carbocycles. The van der Waals surface area contributed by atoms with Gasteiger partial charge in [0.05, 0.1) is 23.4 Å². The van der Waals surface area contributed by atoms with Gasteiger partial charge < -0.3 is 9.05 Å². The maximum Gasteiger partial charge on any atom is 0.289 e. The highest BCUT2D eigenvalue weighted by atomic mass is 32.5. The van der Waals surface area contributed by atoms with E-state index in [0.29, 0.717) is 13.2 Å². The van der Waals surface area contributed by atoms with Gasteiger partial charge in [0.1, 0.15) is 0 Å². The highest BCUT2D eigenvalue weighted by molar-refractivity contribution is 8.10. The van der Waals surface area contributed by atoms with E-state index in [0.717, 1.165) is 15.3 Å². The van der Waals surface area contributed by atoms with Crippen LogP contribution in [0.1, 0.15) is 19.4 Å². The molecule has 0 spiro atoms. The lowest BCUT2D eigenvalue weighted by Gasteiger charge is -2.20. The lowest BCUT2D eigenvalue weighted by Crippen LogP contribution is -2.04. The van der Waals surface area contributed by atoms with Crippen LogP contribution in [0.2, 0.25) is 0 Å². The average Bonchev–Trinajstić information content (AvgIpc) is 2.70. The van der Waals surface area contributed by atoms with Gasteiger partial charge in [-0.1, -0.05) is 17.4 Å². The Labute approximate surface area is 122 Å². The number of hydrogen-bond acceptors (Lipinski definition) is 5. The predicted octanol–water partition coefficient (Wildman–Crippen LogP) is 4.31. The summed E-state index contributed by atoms with van der Waals surface area (Å²) in [6.07, 6.45) is 0. The van der Waals surface area contributed by atoms with Crippen LogP contribution in [-0.2, 0) is 20.9 Å². The minimum atomic E-state index is -2.48. The molecule has 1 N–H and O–H groups in total. The molecule has 0 aliphatic heterocycles. The van der Waals surface area contributed by atoms with E-state index >= 15 is 0 Å². The zero-order valence-electron chi connectivity index (χ0n) is 11.2. The molecule has 1 aromatic carbocycles. The summed E-state index contributed by atoms with van der Waals surface area (Å²) in [7, 11) is 0. The van der Waals surface area contributed by atoms with Crippen molar-refractivity contribution in [2.45, 2.75) is 20.8 Å². The van der Waals surface area contributed by atoms with Crippen molar-refractivity contribution in [2.24, 2.45) is 0 Å². The second-order valence-electron chi connectivity index (χ2n) is 3.94. The SMILES string of the molecule is CCOP(=S)(Nc1nc2ccc(C)cc2s1)OCC. The lowest BCUT2D eigenvalue weighted by atomic mass is 10.2. The van der Waals surface area contributed by atoms with Crippen molar-refractivity contribution in [3.63, 3.8) is 0 Å². The van der Waals surface area contributed by atoms with Crippen LogP contribution in [0, 0.1) is 6.92 Å². The second-order valence-corrected chi connectivity index (χ2v) is 8.14. The van der Waals surface area contributed by atoms with Crippen molar-refractivity contribution in [1.29, 1.82) is 0 Å². The minimum Gasteiger partial charge on any atom is -0.314 e. The molecule has 4 nitrogen and oxygen atoms in total. The summed E-state index contributed by atoms with van der Waals surface area (Å²) in [5.74, 6) is 0. The molecule has 0 bridgehead atoms. The summed E-state index contributed by atoms with van der Waals surface area (Å²) >= 11 is 7.00. The van der Waals surface area contributed by atoms with Crippen LogP contribution < -0.4 is 5.09 Å². The normalized spacial score (nSPS) is 11.9. The predicted molar refractivity (Wildman–Crippen MR) is 85.5 cm³/mol. The quantitative estimate of drug-likeness (QED) is 0.804. The Hall–Kier alpha value is -0.520. The van der Waals surface area contributed by atoms with Gasteiger partial charge in [-0.05, 0) is 50.3 Å². The summed E-state index contributed by atoms with van der Waals surface area (Å²) in [5, 5.41) is 3.91. The Kier molecular flexibility index (Phi) is 4.92. The topological polar surface area (TPSA) is 43.4 Å². The van der Waals surface area contributed by atoms with Crippen LogP contribution in [0.15, 0.2) is 18.2 Å². The van der Waals surface area contributed by atoms with Gasteiger partial charge in [-0.2, -0.15) is 0 Å². The fourth-order valence-electron chi connectivity index (χ4n) is 1.64. The third-order valence-electron chi connectivity index (χ3n) is 2.37. The molecule has 0 fully saturated rings. The van der Waals surface area contributed by atoms with Crippen molar-refractivity contribution in [3.05, 3.63) is 23.8 Å². The highest BCUT2D eigenvalue weighted by Crippen LogP contribution is 2.49. The standard InChI is InChI=1S/C12H17N2O2PS2/c1-4-15-17(18,16-5-2)14-12-13-10-7-6-9(3)8-11(10)19-12/h6-8H,4-5H2,1-3H3,(H,13,14,18). The van der Waals surface area contributed by atoms with Crippen molar-refractivity contribution < 1.29 is 9.05 Å². The van der Waals surface area contributed by atoms with E-state index in [-0.39, 0.29) is 0 Å². The molecule has 0 aliphatic rings. The van der Waals surface area contributed by atoms with Crippen LogP contribution in [0.25, 0.3) is 10.2 Å². The molecule has 1 aromatic heterocycles. The Bertz CT molecular complexity index is 605. The first kappa shape index (κ1) is 14.9. The number of fused-ring (bicyclic) bond motifs is 1. The fraction of sp³-hybridized carbons (Fsp3) is 0.417. The molecule has 0 radical (unpaired) electrons. The molecule has 0 unspecified atom stereocenters. The van der Waals surface area contributed by atoms with Crippen molar-refractivity contribution in [1.82, 2.24) is 4.98 Å². The summed E-state index contributed by atoms with van der Waals surface area (Å²) in [4.78, 5) is 4.51. The first-order valence-corrected chi connectivity index (χ1v) is 9.56. The molecule has 7 heteroatoms. The zero-order chi connectivity index (χ0) is 13.9. The Morgan fingerprint density at radius 3 is 2.63 bits per heavy atom. The van der Waals surface area contributed by atoms with E-state index in [1.54, 1.807) is 11.3 Å². The summed E-state index contributed by atoms with van der Waals surface area (Å²) in [6, 6.07) is 6.17. The van der Waals surface area contributed by atoms with Gasteiger partial charge in [0, 0.05) is 0 Å². The summed E-state index contributed by atoms with van der Waals surface area (Å²) in [5.41, 5.74) is 2.18. The molecule has 2 rings (SSSR count). The number of nitrogens with one attached hydrogen (secondary N) is 1. The van der Waals surface area contributed by atoms with Crippen LogP contribution in [-0.4, -0.2) is 18.2 Å². The molecule has 0 amide bonds. The number of aryl methyl sites for hydroxylation is 1. The van der Waals surface area contributed by atoms with Crippen LogP contribution in [0.4, 0.5) is 5.13 Å². The maximum atomic E-state index is 5.55. The van der Waals surface area contributed by atoms with Gasteiger partial charge in [0.15, 0.2) is 5.13 Å². The summed E-state index contributed by atoms with van der Waals surface area (Å²) in [6.45, 7) is 4.45. The van der Waals surface area contributed by atoms with Crippen LogP contribution in [0.3, 0.4) is 0 Å². The molecule has 1 heterocycles. The molecule has 2 aromatic rings. The van der Waals surface area contributed by atoms with E-state index in [9.17, 15) is 0 Å². The van der Waals surface area contributed by atoms with Crippen molar-refractivity contribution in [2.75, 3.05) is 18.3 Å². The Morgan fingerprint density at radius 2 is 2.00 bits per heavy atom. The number of thiazole rings is 1. The fourth-order valence-corrected chi connectivity index (χ4v) is 5.23. The first-order valence-electron chi connectivity index (χ1n) is 6.11. The van der Waals surface area contributed by atoms with Crippen molar-refractivity contribution in [3.8, 4) is 0 Å². The second kappa shape index (κ2) is 6.29. The Morgan fingerprint density at radius 1 is 1.32 bits per heavy atom. The number of nitrogens with zero attached hydrogens (tertiary/aromatic N) is 1. The smallest absolute Gasteiger partial charge is 0.289 e. The van der Waals surface area contributed by atoms with E-state index in [4.69, 9.17) is 20.9 Å². The van der Waals surface area contributed by atoms with Crippen molar-refractivity contribution >= 4 is 45.1 Å². The monoisotopic (exact) mass is 316 g/mol. The van der Waals surface area contributed by atoms with E-state index in [1.165, 1.54) is 5.56 Å². The van der Waals surface area contributed by atoms with Gasteiger partial charge in [0.25, 0.3) is 6.64 Å².